The molecule has 2 amide bonds. The molecule has 0 radical (unpaired) electrons. The monoisotopic (exact) mass is 649 g/mol. The maximum Gasteiger partial charge on any atom is 0.264 e. The Morgan fingerprint density at radius 1 is 0.804 bits per heavy atom. The highest BCUT2D eigenvalue weighted by Crippen LogP contribution is 2.27. The van der Waals surface area contributed by atoms with E-state index in [2.05, 4.69) is 5.32 Å². The Balaban J connectivity index is 1.79. The van der Waals surface area contributed by atoms with Gasteiger partial charge in [-0.05, 0) is 92.6 Å². The SMILES string of the molecule is CCOc1ccc(S(=O)(=O)N(CC(=O)N(Cc2ccc(F)cc2)C(Cc2ccccc2)C(=O)NC(C)C)c2ccc(F)cc2)cc1. The molecule has 0 bridgehead atoms. The summed E-state index contributed by atoms with van der Waals surface area (Å²) >= 11 is 0. The summed E-state index contributed by atoms with van der Waals surface area (Å²) in [5, 5.41) is 2.88. The van der Waals surface area contributed by atoms with Gasteiger partial charge in [0.25, 0.3) is 10.0 Å². The molecule has 242 valence electrons. The van der Waals surface area contributed by atoms with Crippen LogP contribution in [0.25, 0.3) is 0 Å². The average molecular weight is 650 g/mol. The van der Waals surface area contributed by atoms with Gasteiger partial charge in [-0.2, -0.15) is 0 Å². The largest absolute Gasteiger partial charge is 0.494 e. The van der Waals surface area contributed by atoms with Crippen molar-refractivity contribution in [1.29, 1.82) is 0 Å². The van der Waals surface area contributed by atoms with Gasteiger partial charge in [-0.15, -0.1) is 0 Å². The number of benzene rings is 4. The minimum atomic E-state index is -4.37. The number of halogens is 2. The van der Waals surface area contributed by atoms with Crippen molar-refractivity contribution in [3.8, 4) is 5.75 Å². The van der Waals surface area contributed by atoms with E-state index in [9.17, 15) is 26.8 Å². The van der Waals surface area contributed by atoms with Gasteiger partial charge in [-0.1, -0.05) is 42.5 Å². The van der Waals surface area contributed by atoms with E-state index in [4.69, 9.17) is 4.74 Å². The molecule has 0 spiro atoms. The van der Waals surface area contributed by atoms with Crippen LogP contribution < -0.4 is 14.4 Å². The summed E-state index contributed by atoms with van der Waals surface area (Å²) in [6, 6.07) is 23.8. The summed E-state index contributed by atoms with van der Waals surface area (Å²) in [6.07, 6.45) is 0.133. The number of rotatable bonds is 14. The first-order valence-corrected chi connectivity index (χ1v) is 16.3. The van der Waals surface area contributed by atoms with E-state index in [0.29, 0.717) is 17.9 Å². The zero-order valence-corrected chi connectivity index (χ0v) is 26.7. The molecule has 1 N–H and O–H groups in total. The molecule has 0 aromatic heterocycles. The summed E-state index contributed by atoms with van der Waals surface area (Å²) < 4.78 is 62.2. The fraction of sp³-hybridized carbons (Fsp3) is 0.257. The second-order valence-electron chi connectivity index (χ2n) is 10.9. The predicted octanol–water partition coefficient (Wildman–Crippen LogP) is 5.72. The van der Waals surface area contributed by atoms with Crippen molar-refractivity contribution in [2.45, 2.75) is 50.7 Å². The molecule has 0 heterocycles. The van der Waals surface area contributed by atoms with E-state index in [-0.39, 0.29) is 29.6 Å². The van der Waals surface area contributed by atoms with Gasteiger partial charge in [0, 0.05) is 19.0 Å². The number of amides is 2. The number of hydrogen-bond donors (Lipinski definition) is 1. The lowest BCUT2D eigenvalue weighted by molar-refractivity contribution is -0.140. The summed E-state index contributed by atoms with van der Waals surface area (Å²) in [5.41, 5.74) is 1.37. The highest BCUT2D eigenvalue weighted by Gasteiger charge is 2.35. The number of ether oxygens (including phenoxy) is 1. The van der Waals surface area contributed by atoms with Crippen LogP contribution in [-0.2, 0) is 32.6 Å². The van der Waals surface area contributed by atoms with Crippen molar-refractivity contribution in [3.63, 3.8) is 0 Å². The Morgan fingerprint density at radius 3 is 1.96 bits per heavy atom. The molecule has 0 aliphatic carbocycles. The van der Waals surface area contributed by atoms with Gasteiger partial charge >= 0.3 is 0 Å². The molecule has 1 unspecified atom stereocenters. The van der Waals surface area contributed by atoms with Gasteiger partial charge in [-0.3, -0.25) is 13.9 Å². The van der Waals surface area contributed by atoms with Crippen molar-refractivity contribution >= 4 is 27.5 Å². The standard InChI is InChI=1S/C35H37F2N3O5S/c1-4-45-31-18-20-32(21-19-31)46(43,44)40(30-16-14-29(37)15-17-30)24-34(41)39(23-27-10-12-28(36)13-11-27)33(35(42)38-25(2)3)22-26-8-6-5-7-9-26/h5-21,25,33H,4,22-24H2,1-3H3,(H,38,42). The molecule has 0 aliphatic rings. The molecule has 46 heavy (non-hydrogen) atoms. The molecule has 0 saturated heterocycles. The topological polar surface area (TPSA) is 96.0 Å². The molecule has 11 heteroatoms. The van der Waals surface area contributed by atoms with E-state index < -0.39 is 46.1 Å². The summed E-state index contributed by atoms with van der Waals surface area (Å²) in [4.78, 5) is 29.3. The van der Waals surface area contributed by atoms with Crippen molar-refractivity contribution in [1.82, 2.24) is 10.2 Å². The van der Waals surface area contributed by atoms with Gasteiger partial charge in [0.05, 0.1) is 17.2 Å². The number of nitrogens with zero attached hydrogens (tertiary/aromatic N) is 2. The molecule has 8 nitrogen and oxygen atoms in total. The van der Waals surface area contributed by atoms with Crippen molar-refractivity contribution in [2.75, 3.05) is 17.5 Å². The van der Waals surface area contributed by atoms with Crippen LogP contribution in [0.15, 0.2) is 108 Å². The fourth-order valence-corrected chi connectivity index (χ4v) is 6.27. The van der Waals surface area contributed by atoms with Gasteiger partial charge in [0.2, 0.25) is 11.8 Å². The highest BCUT2D eigenvalue weighted by atomic mass is 32.2. The van der Waals surface area contributed by atoms with Crippen LogP contribution in [0, 0.1) is 11.6 Å². The van der Waals surface area contributed by atoms with Crippen molar-refractivity contribution < 1.29 is 31.5 Å². The third-order valence-corrected chi connectivity index (χ3v) is 8.87. The van der Waals surface area contributed by atoms with Crippen LogP contribution >= 0.6 is 0 Å². The lowest BCUT2D eigenvalue weighted by Gasteiger charge is -2.34. The smallest absolute Gasteiger partial charge is 0.264 e. The quantitative estimate of drug-likeness (QED) is 0.189. The number of anilines is 1. The van der Waals surface area contributed by atoms with E-state index in [1.54, 1.807) is 20.8 Å². The third kappa shape index (κ3) is 8.91. The summed E-state index contributed by atoms with van der Waals surface area (Å²) in [6.45, 7) is 4.97. The van der Waals surface area contributed by atoms with Gasteiger partial charge in [-0.25, -0.2) is 17.2 Å². The van der Waals surface area contributed by atoms with Gasteiger partial charge < -0.3 is 15.0 Å². The Bertz CT molecular complexity index is 1700. The number of sulfonamides is 1. The normalized spacial score (nSPS) is 12.0. The predicted molar refractivity (Wildman–Crippen MR) is 173 cm³/mol. The first-order valence-electron chi connectivity index (χ1n) is 14.9. The molecule has 4 rings (SSSR count). The molecule has 0 aliphatic heterocycles. The van der Waals surface area contributed by atoms with E-state index in [1.165, 1.54) is 65.6 Å². The molecule has 1 atom stereocenters. The number of carbonyl (C=O) groups excluding carboxylic acids is 2. The molecule has 4 aromatic carbocycles. The maximum atomic E-state index is 14.4. The minimum Gasteiger partial charge on any atom is -0.494 e. The first kappa shape index (κ1) is 34.1. The Hall–Kier alpha value is -4.77. The van der Waals surface area contributed by atoms with Crippen LogP contribution in [0.5, 0.6) is 5.75 Å². The Morgan fingerprint density at radius 2 is 1.39 bits per heavy atom. The van der Waals surface area contributed by atoms with Crippen LogP contribution in [0.4, 0.5) is 14.5 Å². The molecular formula is C35H37F2N3O5S. The molecule has 4 aromatic rings. The second-order valence-corrected chi connectivity index (χ2v) is 12.8. The fourth-order valence-electron chi connectivity index (χ4n) is 4.86. The molecule has 0 fully saturated rings. The van der Waals surface area contributed by atoms with Gasteiger partial charge in [0.15, 0.2) is 0 Å². The lowest BCUT2D eigenvalue weighted by Crippen LogP contribution is -2.54. The number of hydrogen-bond acceptors (Lipinski definition) is 5. The van der Waals surface area contributed by atoms with Gasteiger partial charge in [0.1, 0.15) is 30.0 Å². The van der Waals surface area contributed by atoms with Crippen LogP contribution in [-0.4, -0.2) is 50.4 Å². The minimum absolute atomic E-state index is 0.0524. The van der Waals surface area contributed by atoms with Crippen LogP contribution in [0.1, 0.15) is 31.9 Å². The summed E-state index contributed by atoms with van der Waals surface area (Å²) in [5.74, 6) is -1.71. The van der Waals surface area contributed by atoms with Crippen LogP contribution in [0.2, 0.25) is 0 Å². The number of carbonyl (C=O) groups is 2. The Labute approximate surface area is 268 Å². The first-order chi connectivity index (χ1) is 22.0. The summed E-state index contributed by atoms with van der Waals surface area (Å²) in [7, 11) is -4.37. The Kier molecular flexibility index (Phi) is 11.5. The van der Waals surface area contributed by atoms with Crippen molar-refractivity contribution in [3.05, 3.63) is 126 Å². The maximum absolute atomic E-state index is 14.4. The number of nitrogens with one attached hydrogen (secondary N) is 1. The van der Waals surface area contributed by atoms with E-state index in [0.717, 1.165) is 22.0 Å². The third-order valence-electron chi connectivity index (χ3n) is 7.08. The molecular weight excluding hydrogens is 612 g/mol. The zero-order chi connectivity index (χ0) is 33.3. The van der Waals surface area contributed by atoms with E-state index >= 15 is 0 Å². The van der Waals surface area contributed by atoms with Crippen molar-refractivity contribution in [2.24, 2.45) is 0 Å². The van der Waals surface area contributed by atoms with E-state index in [1.807, 2.05) is 30.3 Å². The molecule has 0 saturated carbocycles. The second kappa shape index (κ2) is 15.5. The lowest BCUT2D eigenvalue weighted by atomic mass is 10.0. The zero-order valence-electron chi connectivity index (χ0n) is 25.9. The highest BCUT2D eigenvalue weighted by molar-refractivity contribution is 7.92. The average Bonchev–Trinajstić information content (AvgIpc) is 3.03. The van der Waals surface area contributed by atoms with Crippen LogP contribution in [0.3, 0.4) is 0 Å².